The number of anilines is 1. The summed E-state index contributed by atoms with van der Waals surface area (Å²) in [5.74, 6) is 0.0146. The molecule has 1 amide bonds. The lowest BCUT2D eigenvalue weighted by atomic mass is 9.96. The highest BCUT2D eigenvalue weighted by atomic mass is 16.3. The van der Waals surface area contributed by atoms with Gasteiger partial charge in [0.05, 0.1) is 11.7 Å². The van der Waals surface area contributed by atoms with Crippen LogP contribution in [0.3, 0.4) is 0 Å². The van der Waals surface area contributed by atoms with Crippen molar-refractivity contribution in [3.05, 3.63) is 30.0 Å². The average molecular weight is 289 g/mol. The van der Waals surface area contributed by atoms with Crippen LogP contribution in [-0.2, 0) is 0 Å². The number of nitrogens with one attached hydrogen (secondary N) is 2. The van der Waals surface area contributed by atoms with Crippen LogP contribution in [0.5, 0.6) is 0 Å². The number of rotatable bonds is 6. The van der Waals surface area contributed by atoms with E-state index in [1.165, 1.54) is 0 Å². The molecule has 2 rings (SSSR count). The molecule has 2 aromatic rings. The van der Waals surface area contributed by atoms with Gasteiger partial charge >= 0.3 is 0 Å². The topological polar surface area (TPSA) is 91.1 Å². The first-order valence-electron chi connectivity index (χ1n) is 7.39. The lowest BCUT2D eigenvalue weighted by molar-refractivity contribution is 0.0818. The normalized spacial score (nSPS) is 12.8. The number of aromatic amines is 1. The van der Waals surface area contributed by atoms with E-state index in [1.807, 2.05) is 19.9 Å². The van der Waals surface area contributed by atoms with Gasteiger partial charge in [0.25, 0.3) is 5.91 Å². The molecule has 1 aromatic heterocycles. The largest absolute Gasteiger partial charge is 0.399 e. The standard InChI is InChI=1S/C16H23N3O2/c1-3-10(4-2)15(20)9-19-16(21)13-8-18-14-6-5-11(17)7-12(13)14/h5-8,10,15,18,20H,3-4,9,17H2,1-2H3,(H,19,21). The molecular weight excluding hydrogens is 266 g/mol. The Morgan fingerprint density at radius 1 is 1.38 bits per heavy atom. The van der Waals surface area contributed by atoms with Gasteiger partial charge in [0.2, 0.25) is 0 Å². The van der Waals surface area contributed by atoms with Crippen LogP contribution in [0.25, 0.3) is 10.9 Å². The van der Waals surface area contributed by atoms with E-state index < -0.39 is 6.10 Å². The Hall–Kier alpha value is -2.01. The van der Waals surface area contributed by atoms with E-state index in [2.05, 4.69) is 10.3 Å². The number of fused-ring (bicyclic) bond motifs is 1. The summed E-state index contributed by atoms with van der Waals surface area (Å²) in [5, 5.41) is 13.7. The Labute approximate surface area is 124 Å². The minimum absolute atomic E-state index is 0.197. The molecule has 5 nitrogen and oxygen atoms in total. The molecule has 1 unspecified atom stereocenters. The molecule has 5 heteroatoms. The zero-order valence-electron chi connectivity index (χ0n) is 12.5. The number of carbonyl (C=O) groups is 1. The average Bonchev–Trinajstić information content (AvgIpc) is 2.89. The van der Waals surface area contributed by atoms with Gasteiger partial charge in [-0.2, -0.15) is 0 Å². The molecule has 0 aliphatic carbocycles. The van der Waals surface area contributed by atoms with Gasteiger partial charge in [-0.15, -0.1) is 0 Å². The van der Waals surface area contributed by atoms with Crippen molar-refractivity contribution in [2.24, 2.45) is 5.92 Å². The van der Waals surface area contributed by atoms with E-state index in [0.717, 1.165) is 23.7 Å². The van der Waals surface area contributed by atoms with Crippen LogP contribution in [-0.4, -0.2) is 28.6 Å². The molecule has 5 N–H and O–H groups in total. The molecular formula is C16H23N3O2. The van der Waals surface area contributed by atoms with E-state index in [9.17, 15) is 9.90 Å². The molecule has 0 saturated heterocycles. The molecule has 0 radical (unpaired) electrons. The highest BCUT2D eigenvalue weighted by molar-refractivity contribution is 6.07. The van der Waals surface area contributed by atoms with Crippen molar-refractivity contribution in [1.29, 1.82) is 0 Å². The summed E-state index contributed by atoms with van der Waals surface area (Å²) in [6, 6.07) is 5.41. The Balaban J connectivity index is 2.07. The first-order chi connectivity index (χ1) is 10.1. The second kappa shape index (κ2) is 6.63. The molecule has 1 atom stereocenters. The lowest BCUT2D eigenvalue weighted by Crippen LogP contribution is -2.36. The summed E-state index contributed by atoms with van der Waals surface area (Å²) in [6.45, 7) is 4.35. The van der Waals surface area contributed by atoms with Gasteiger partial charge in [-0.1, -0.05) is 26.7 Å². The van der Waals surface area contributed by atoms with Crippen molar-refractivity contribution < 1.29 is 9.90 Å². The van der Waals surface area contributed by atoms with Gasteiger partial charge in [-0.05, 0) is 24.1 Å². The van der Waals surface area contributed by atoms with Crippen molar-refractivity contribution in [3.63, 3.8) is 0 Å². The molecule has 0 fully saturated rings. The van der Waals surface area contributed by atoms with Crippen LogP contribution in [0.2, 0.25) is 0 Å². The molecule has 0 saturated carbocycles. The molecule has 0 spiro atoms. The number of aliphatic hydroxyl groups excluding tert-OH is 1. The quantitative estimate of drug-likeness (QED) is 0.615. The van der Waals surface area contributed by atoms with Crippen LogP contribution in [0.1, 0.15) is 37.0 Å². The third-order valence-electron chi connectivity index (χ3n) is 4.02. The highest BCUT2D eigenvalue weighted by Gasteiger charge is 2.18. The van der Waals surface area contributed by atoms with Gasteiger partial charge in [-0.3, -0.25) is 4.79 Å². The Kier molecular flexibility index (Phi) is 4.85. The summed E-state index contributed by atoms with van der Waals surface area (Å²) < 4.78 is 0. The number of carbonyl (C=O) groups excluding carboxylic acids is 1. The van der Waals surface area contributed by atoms with Crippen LogP contribution < -0.4 is 11.1 Å². The van der Waals surface area contributed by atoms with Gasteiger partial charge in [-0.25, -0.2) is 0 Å². The Morgan fingerprint density at radius 3 is 2.76 bits per heavy atom. The predicted molar refractivity (Wildman–Crippen MR) is 85.1 cm³/mol. The van der Waals surface area contributed by atoms with E-state index >= 15 is 0 Å². The summed E-state index contributed by atoms with van der Waals surface area (Å²) in [7, 11) is 0. The van der Waals surface area contributed by atoms with Crippen LogP contribution >= 0.6 is 0 Å². The number of amides is 1. The van der Waals surface area contributed by atoms with Crippen LogP contribution in [0.4, 0.5) is 5.69 Å². The van der Waals surface area contributed by atoms with Gasteiger partial charge < -0.3 is 21.1 Å². The fourth-order valence-electron chi connectivity index (χ4n) is 2.62. The van der Waals surface area contributed by atoms with Gasteiger partial charge in [0.1, 0.15) is 0 Å². The smallest absolute Gasteiger partial charge is 0.253 e. The van der Waals surface area contributed by atoms with Crippen LogP contribution in [0, 0.1) is 5.92 Å². The minimum Gasteiger partial charge on any atom is -0.399 e. The second-order valence-corrected chi connectivity index (χ2v) is 5.36. The number of aromatic nitrogens is 1. The number of hydrogen-bond acceptors (Lipinski definition) is 3. The third-order valence-corrected chi connectivity index (χ3v) is 4.02. The van der Waals surface area contributed by atoms with Crippen LogP contribution in [0.15, 0.2) is 24.4 Å². The monoisotopic (exact) mass is 289 g/mol. The summed E-state index contributed by atoms with van der Waals surface area (Å²) in [6.07, 6.45) is 2.95. The minimum atomic E-state index is -0.515. The zero-order valence-corrected chi connectivity index (χ0v) is 12.5. The Morgan fingerprint density at radius 2 is 2.10 bits per heavy atom. The summed E-state index contributed by atoms with van der Waals surface area (Å²) >= 11 is 0. The van der Waals surface area contributed by atoms with E-state index in [-0.39, 0.29) is 18.4 Å². The fourth-order valence-corrected chi connectivity index (χ4v) is 2.62. The van der Waals surface area contributed by atoms with E-state index in [0.29, 0.717) is 11.3 Å². The molecule has 1 heterocycles. The number of H-pyrrole nitrogens is 1. The second-order valence-electron chi connectivity index (χ2n) is 5.36. The SMILES string of the molecule is CCC(CC)C(O)CNC(=O)c1c[nH]c2ccc(N)cc12. The summed E-state index contributed by atoms with van der Waals surface area (Å²) in [5.41, 5.74) is 7.80. The third kappa shape index (κ3) is 3.36. The van der Waals surface area contributed by atoms with Crippen molar-refractivity contribution in [3.8, 4) is 0 Å². The molecule has 1 aromatic carbocycles. The Bertz CT molecular complexity index is 617. The number of nitrogens with two attached hydrogens (primary N) is 1. The molecule has 21 heavy (non-hydrogen) atoms. The first-order valence-corrected chi connectivity index (χ1v) is 7.39. The zero-order chi connectivity index (χ0) is 15.4. The van der Waals surface area contributed by atoms with Gasteiger partial charge in [0, 0.05) is 29.3 Å². The molecule has 0 aliphatic rings. The fraction of sp³-hybridized carbons (Fsp3) is 0.438. The van der Waals surface area contributed by atoms with Crippen molar-refractivity contribution in [2.45, 2.75) is 32.8 Å². The maximum Gasteiger partial charge on any atom is 0.253 e. The first kappa shape index (κ1) is 15.4. The van der Waals surface area contributed by atoms with E-state index in [4.69, 9.17) is 5.73 Å². The lowest BCUT2D eigenvalue weighted by Gasteiger charge is -2.20. The number of aliphatic hydroxyl groups is 1. The van der Waals surface area contributed by atoms with E-state index in [1.54, 1.807) is 18.3 Å². The maximum atomic E-state index is 12.3. The highest BCUT2D eigenvalue weighted by Crippen LogP contribution is 2.21. The van der Waals surface area contributed by atoms with Gasteiger partial charge in [0.15, 0.2) is 0 Å². The van der Waals surface area contributed by atoms with Crippen molar-refractivity contribution >= 4 is 22.5 Å². The number of hydrogen-bond donors (Lipinski definition) is 4. The molecule has 0 aliphatic heterocycles. The predicted octanol–water partition coefficient (Wildman–Crippen LogP) is 2.28. The number of benzene rings is 1. The number of nitrogen functional groups attached to an aromatic ring is 1. The summed E-state index contributed by atoms with van der Waals surface area (Å²) in [4.78, 5) is 15.3. The van der Waals surface area contributed by atoms with Crippen molar-refractivity contribution in [1.82, 2.24) is 10.3 Å². The molecule has 114 valence electrons. The van der Waals surface area contributed by atoms with Crippen molar-refractivity contribution in [2.75, 3.05) is 12.3 Å². The maximum absolute atomic E-state index is 12.3. The molecule has 0 bridgehead atoms.